The Morgan fingerprint density at radius 3 is 2.48 bits per heavy atom. The fourth-order valence-corrected chi connectivity index (χ4v) is 3.98. The van der Waals surface area contributed by atoms with Crippen LogP contribution in [0.4, 0.5) is 0 Å². The average molecular weight is 399 g/mol. The first-order valence-electron chi connectivity index (χ1n) is 8.56. The Morgan fingerprint density at radius 1 is 1.14 bits per heavy atom. The quantitative estimate of drug-likeness (QED) is 0.643. The van der Waals surface area contributed by atoms with Crippen molar-refractivity contribution in [1.82, 2.24) is 5.32 Å². The van der Waals surface area contributed by atoms with Crippen LogP contribution in [0.3, 0.4) is 0 Å². The highest BCUT2D eigenvalue weighted by atomic mass is 127. The summed E-state index contributed by atoms with van der Waals surface area (Å²) in [6.07, 6.45) is 6.88. The summed E-state index contributed by atoms with van der Waals surface area (Å²) in [5.74, 6) is 2.67. The lowest BCUT2D eigenvalue weighted by Crippen LogP contribution is -2.36. The molecule has 1 aliphatic rings. The van der Waals surface area contributed by atoms with Crippen molar-refractivity contribution < 1.29 is 0 Å². The molecule has 1 N–H and O–H groups in total. The standard InChI is InChI=1S/C19H30IN/c1-4-15-5-8-17(13-21-14(2)3)18(11-15)12-16-6-9-19(20)10-7-16/h6-7,9-10,14-15,17-18,21H,4-5,8,11-13H2,1-3H3. The van der Waals surface area contributed by atoms with Gasteiger partial charge >= 0.3 is 0 Å². The van der Waals surface area contributed by atoms with E-state index in [1.54, 1.807) is 0 Å². The van der Waals surface area contributed by atoms with Gasteiger partial charge in [-0.1, -0.05) is 45.7 Å². The Balaban J connectivity index is 2.00. The van der Waals surface area contributed by atoms with Crippen LogP contribution in [0.5, 0.6) is 0 Å². The van der Waals surface area contributed by atoms with Gasteiger partial charge in [0.05, 0.1) is 0 Å². The zero-order valence-electron chi connectivity index (χ0n) is 13.7. The maximum atomic E-state index is 3.67. The highest BCUT2D eigenvalue weighted by molar-refractivity contribution is 14.1. The summed E-state index contributed by atoms with van der Waals surface area (Å²) < 4.78 is 1.34. The summed E-state index contributed by atoms with van der Waals surface area (Å²) >= 11 is 2.39. The van der Waals surface area contributed by atoms with Gasteiger partial charge in [-0.25, -0.2) is 0 Å². The van der Waals surface area contributed by atoms with E-state index in [-0.39, 0.29) is 0 Å². The molecule has 1 nitrogen and oxygen atoms in total. The number of benzene rings is 1. The third-order valence-electron chi connectivity index (χ3n) is 5.03. The molecule has 0 spiro atoms. The Bertz CT molecular complexity index is 412. The predicted molar refractivity (Wildman–Crippen MR) is 101 cm³/mol. The second-order valence-corrected chi connectivity index (χ2v) is 8.25. The van der Waals surface area contributed by atoms with E-state index in [0.717, 1.165) is 17.8 Å². The Morgan fingerprint density at radius 2 is 1.86 bits per heavy atom. The van der Waals surface area contributed by atoms with Gasteiger partial charge < -0.3 is 5.32 Å². The largest absolute Gasteiger partial charge is 0.314 e. The van der Waals surface area contributed by atoms with E-state index in [0.29, 0.717) is 6.04 Å². The smallest absolute Gasteiger partial charge is 0.0130 e. The minimum Gasteiger partial charge on any atom is -0.314 e. The summed E-state index contributed by atoms with van der Waals surface area (Å²) in [6, 6.07) is 9.75. The van der Waals surface area contributed by atoms with Gasteiger partial charge in [0.1, 0.15) is 0 Å². The molecular formula is C19H30IN. The number of halogens is 1. The highest BCUT2D eigenvalue weighted by Crippen LogP contribution is 2.37. The topological polar surface area (TPSA) is 12.0 Å². The molecule has 0 radical (unpaired) electrons. The Kier molecular flexibility index (Phi) is 7.00. The molecule has 1 aromatic carbocycles. The zero-order chi connectivity index (χ0) is 15.2. The van der Waals surface area contributed by atoms with Crippen molar-refractivity contribution in [2.45, 2.75) is 58.9 Å². The molecule has 1 saturated carbocycles. The van der Waals surface area contributed by atoms with Crippen molar-refractivity contribution >= 4 is 22.6 Å². The SMILES string of the molecule is CCC1CCC(CNC(C)C)C(Cc2ccc(I)cc2)C1. The van der Waals surface area contributed by atoms with Gasteiger partial charge in [-0.3, -0.25) is 0 Å². The first-order valence-corrected chi connectivity index (χ1v) is 9.64. The molecule has 1 aromatic rings. The summed E-state index contributed by atoms with van der Waals surface area (Å²) in [4.78, 5) is 0. The van der Waals surface area contributed by atoms with Crippen molar-refractivity contribution in [3.8, 4) is 0 Å². The normalized spacial score (nSPS) is 26.2. The van der Waals surface area contributed by atoms with Crippen LogP contribution in [0.1, 0.15) is 52.0 Å². The maximum absolute atomic E-state index is 3.67. The summed E-state index contributed by atoms with van der Waals surface area (Å²) in [6.45, 7) is 8.07. The van der Waals surface area contributed by atoms with Crippen LogP contribution in [-0.4, -0.2) is 12.6 Å². The lowest BCUT2D eigenvalue weighted by Gasteiger charge is -2.37. The van der Waals surface area contributed by atoms with Gasteiger partial charge in [-0.15, -0.1) is 0 Å². The van der Waals surface area contributed by atoms with Crippen LogP contribution in [0.15, 0.2) is 24.3 Å². The molecule has 3 unspecified atom stereocenters. The molecule has 2 rings (SSSR count). The van der Waals surface area contributed by atoms with Crippen molar-refractivity contribution in [1.29, 1.82) is 0 Å². The summed E-state index contributed by atoms with van der Waals surface area (Å²) in [5, 5.41) is 3.67. The van der Waals surface area contributed by atoms with Crippen LogP contribution in [0.2, 0.25) is 0 Å². The van der Waals surface area contributed by atoms with Gasteiger partial charge in [0.2, 0.25) is 0 Å². The lowest BCUT2D eigenvalue weighted by atomic mass is 9.71. The third kappa shape index (κ3) is 5.55. The maximum Gasteiger partial charge on any atom is 0.0130 e. The van der Waals surface area contributed by atoms with Gasteiger partial charge in [-0.2, -0.15) is 0 Å². The van der Waals surface area contributed by atoms with E-state index >= 15 is 0 Å². The van der Waals surface area contributed by atoms with E-state index in [1.165, 1.54) is 47.8 Å². The molecule has 0 bridgehead atoms. The Labute approximate surface area is 144 Å². The number of rotatable bonds is 6. The molecule has 0 heterocycles. The molecule has 118 valence electrons. The average Bonchev–Trinajstić information content (AvgIpc) is 2.48. The minimum atomic E-state index is 0.604. The van der Waals surface area contributed by atoms with E-state index < -0.39 is 0 Å². The van der Waals surface area contributed by atoms with Crippen molar-refractivity contribution in [3.05, 3.63) is 33.4 Å². The van der Waals surface area contributed by atoms with E-state index in [4.69, 9.17) is 0 Å². The van der Waals surface area contributed by atoms with Crippen molar-refractivity contribution in [3.63, 3.8) is 0 Å². The summed E-state index contributed by atoms with van der Waals surface area (Å²) in [7, 11) is 0. The lowest BCUT2D eigenvalue weighted by molar-refractivity contribution is 0.169. The molecule has 1 fully saturated rings. The minimum absolute atomic E-state index is 0.604. The molecule has 0 saturated heterocycles. The molecule has 0 aromatic heterocycles. The van der Waals surface area contributed by atoms with E-state index in [9.17, 15) is 0 Å². The van der Waals surface area contributed by atoms with Crippen molar-refractivity contribution in [2.75, 3.05) is 6.54 Å². The fraction of sp³-hybridized carbons (Fsp3) is 0.684. The van der Waals surface area contributed by atoms with Gasteiger partial charge in [0.15, 0.2) is 0 Å². The second kappa shape index (κ2) is 8.52. The first-order chi connectivity index (χ1) is 10.1. The third-order valence-corrected chi connectivity index (χ3v) is 5.74. The predicted octanol–water partition coefficient (Wildman–Crippen LogP) is 5.27. The van der Waals surface area contributed by atoms with Crippen LogP contribution < -0.4 is 5.32 Å². The van der Waals surface area contributed by atoms with Gasteiger partial charge in [-0.05, 0) is 83.8 Å². The van der Waals surface area contributed by atoms with E-state index in [2.05, 4.69) is 72.9 Å². The zero-order valence-corrected chi connectivity index (χ0v) is 15.9. The summed E-state index contributed by atoms with van der Waals surface area (Å²) in [5.41, 5.74) is 1.52. The molecule has 3 atom stereocenters. The second-order valence-electron chi connectivity index (χ2n) is 7.00. The monoisotopic (exact) mass is 399 g/mol. The molecule has 1 aliphatic carbocycles. The number of nitrogens with one attached hydrogen (secondary N) is 1. The molecule has 21 heavy (non-hydrogen) atoms. The van der Waals surface area contributed by atoms with Crippen LogP contribution >= 0.6 is 22.6 Å². The van der Waals surface area contributed by atoms with Crippen molar-refractivity contribution in [2.24, 2.45) is 17.8 Å². The van der Waals surface area contributed by atoms with E-state index in [1.807, 2.05) is 0 Å². The van der Waals surface area contributed by atoms with Crippen LogP contribution in [-0.2, 0) is 6.42 Å². The fourth-order valence-electron chi connectivity index (χ4n) is 3.62. The van der Waals surface area contributed by atoms with Crippen LogP contribution in [0, 0.1) is 21.3 Å². The Hall–Kier alpha value is -0.0900. The number of hydrogen-bond acceptors (Lipinski definition) is 1. The molecular weight excluding hydrogens is 369 g/mol. The molecule has 2 heteroatoms. The molecule has 0 amide bonds. The number of hydrogen-bond donors (Lipinski definition) is 1. The van der Waals surface area contributed by atoms with Gasteiger partial charge in [0.25, 0.3) is 0 Å². The highest BCUT2D eigenvalue weighted by Gasteiger charge is 2.29. The van der Waals surface area contributed by atoms with Crippen LogP contribution in [0.25, 0.3) is 0 Å². The molecule has 0 aliphatic heterocycles. The first kappa shape index (κ1) is 17.3. The van der Waals surface area contributed by atoms with Gasteiger partial charge in [0, 0.05) is 9.61 Å².